The van der Waals surface area contributed by atoms with Gasteiger partial charge in [0.25, 0.3) is 0 Å². The number of fused-ring (bicyclic) bond motifs is 1. The van der Waals surface area contributed by atoms with Gasteiger partial charge >= 0.3 is 5.97 Å². The van der Waals surface area contributed by atoms with Gasteiger partial charge in [-0.15, -0.1) is 5.10 Å². The van der Waals surface area contributed by atoms with Crippen molar-refractivity contribution in [2.45, 2.75) is 39.9 Å². The van der Waals surface area contributed by atoms with Crippen molar-refractivity contribution in [1.29, 1.82) is 0 Å². The van der Waals surface area contributed by atoms with E-state index in [-0.39, 0.29) is 12.2 Å². The fourth-order valence-electron chi connectivity index (χ4n) is 3.60. The molecule has 7 nitrogen and oxygen atoms in total. The molecule has 170 valence electrons. The molecule has 3 aromatic carbocycles. The molecule has 0 amide bonds. The summed E-state index contributed by atoms with van der Waals surface area (Å²) >= 11 is 0. The van der Waals surface area contributed by atoms with Gasteiger partial charge in [0.15, 0.2) is 0 Å². The highest BCUT2D eigenvalue weighted by atomic mass is 16.5. The third-order valence-electron chi connectivity index (χ3n) is 4.98. The lowest BCUT2D eigenvalue weighted by atomic mass is 9.98. The maximum atomic E-state index is 12.6. The van der Waals surface area contributed by atoms with Gasteiger partial charge in [-0.25, -0.2) is 9.48 Å². The molecule has 1 heterocycles. The van der Waals surface area contributed by atoms with Crippen LogP contribution in [0.15, 0.2) is 60.7 Å². The van der Waals surface area contributed by atoms with Gasteiger partial charge < -0.3 is 14.2 Å². The number of hydrogen-bond acceptors (Lipinski definition) is 6. The molecule has 4 rings (SSSR count). The highest BCUT2D eigenvalue weighted by molar-refractivity contribution is 6.01. The number of aromatic nitrogens is 3. The van der Waals surface area contributed by atoms with E-state index in [1.165, 1.54) is 7.11 Å². The van der Waals surface area contributed by atoms with Gasteiger partial charge in [-0.2, -0.15) is 0 Å². The van der Waals surface area contributed by atoms with Crippen LogP contribution in [0.25, 0.3) is 27.8 Å². The summed E-state index contributed by atoms with van der Waals surface area (Å²) in [4.78, 5) is 12.6. The lowest BCUT2D eigenvalue weighted by Gasteiger charge is -2.13. The Morgan fingerprint density at radius 3 is 1.97 bits per heavy atom. The van der Waals surface area contributed by atoms with E-state index >= 15 is 0 Å². The van der Waals surface area contributed by atoms with Crippen LogP contribution in [0.2, 0.25) is 0 Å². The third kappa shape index (κ3) is 4.82. The largest absolute Gasteiger partial charge is 0.491 e. The molecule has 4 aromatic rings. The van der Waals surface area contributed by atoms with Gasteiger partial charge in [-0.05, 0) is 87.4 Å². The molecule has 0 saturated heterocycles. The average molecular weight is 446 g/mol. The minimum atomic E-state index is -0.431. The Labute approximate surface area is 192 Å². The Hall–Kier alpha value is -3.87. The second kappa shape index (κ2) is 9.32. The van der Waals surface area contributed by atoms with Crippen LogP contribution in [-0.2, 0) is 4.74 Å². The van der Waals surface area contributed by atoms with Crippen molar-refractivity contribution in [1.82, 2.24) is 15.0 Å². The smallest absolute Gasteiger partial charge is 0.338 e. The summed E-state index contributed by atoms with van der Waals surface area (Å²) in [6, 6.07) is 18.9. The van der Waals surface area contributed by atoms with Crippen molar-refractivity contribution in [2.75, 3.05) is 7.11 Å². The Kier molecular flexibility index (Phi) is 6.31. The molecule has 0 spiro atoms. The number of benzene rings is 3. The third-order valence-corrected chi connectivity index (χ3v) is 4.98. The van der Waals surface area contributed by atoms with E-state index in [9.17, 15) is 4.79 Å². The molecule has 0 unspecified atom stereocenters. The molecule has 0 aliphatic rings. The first kappa shape index (κ1) is 22.3. The molecular weight excluding hydrogens is 418 g/mol. The Balaban J connectivity index is 1.79. The minimum Gasteiger partial charge on any atom is -0.491 e. The Morgan fingerprint density at radius 1 is 0.848 bits per heavy atom. The Bertz CT molecular complexity index is 1260. The van der Waals surface area contributed by atoms with E-state index in [1.54, 1.807) is 10.7 Å². The molecule has 33 heavy (non-hydrogen) atoms. The number of rotatable bonds is 7. The van der Waals surface area contributed by atoms with Gasteiger partial charge in [0.1, 0.15) is 17.0 Å². The summed E-state index contributed by atoms with van der Waals surface area (Å²) in [7, 11) is 1.37. The van der Waals surface area contributed by atoms with Crippen LogP contribution in [0.5, 0.6) is 11.5 Å². The molecule has 0 radical (unpaired) electrons. The first-order valence-electron chi connectivity index (χ1n) is 10.9. The van der Waals surface area contributed by atoms with Crippen LogP contribution < -0.4 is 9.47 Å². The summed E-state index contributed by atoms with van der Waals surface area (Å²) in [5, 5.41) is 8.60. The molecule has 0 saturated carbocycles. The van der Waals surface area contributed by atoms with Crippen molar-refractivity contribution in [3.05, 3.63) is 66.2 Å². The zero-order valence-corrected chi connectivity index (χ0v) is 19.4. The Morgan fingerprint density at radius 2 is 1.42 bits per heavy atom. The second-order valence-corrected chi connectivity index (χ2v) is 8.23. The fraction of sp³-hybridized carbons (Fsp3) is 0.269. The van der Waals surface area contributed by atoms with Crippen molar-refractivity contribution in [3.8, 4) is 28.3 Å². The summed E-state index contributed by atoms with van der Waals surface area (Å²) in [6.45, 7) is 7.93. The van der Waals surface area contributed by atoms with E-state index in [4.69, 9.17) is 14.2 Å². The zero-order valence-electron chi connectivity index (χ0n) is 19.4. The maximum absolute atomic E-state index is 12.6. The number of carbonyl (C=O) groups excluding carboxylic acids is 1. The van der Waals surface area contributed by atoms with Crippen molar-refractivity contribution >= 4 is 17.0 Å². The van der Waals surface area contributed by atoms with Crippen molar-refractivity contribution in [3.63, 3.8) is 0 Å². The second-order valence-electron chi connectivity index (χ2n) is 8.23. The quantitative estimate of drug-likeness (QED) is 0.352. The van der Waals surface area contributed by atoms with Crippen LogP contribution in [0, 0.1) is 0 Å². The first-order chi connectivity index (χ1) is 15.9. The van der Waals surface area contributed by atoms with Crippen LogP contribution in [0.1, 0.15) is 38.1 Å². The van der Waals surface area contributed by atoms with E-state index in [1.807, 2.05) is 82.3 Å². The normalized spacial score (nSPS) is 11.2. The number of hydrogen-bond donors (Lipinski definition) is 0. The topological polar surface area (TPSA) is 75.5 Å². The number of ether oxygens (including phenoxy) is 3. The average Bonchev–Trinajstić information content (AvgIpc) is 3.21. The lowest BCUT2D eigenvalue weighted by molar-refractivity contribution is 0.0601. The lowest BCUT2D eigenvalue weighted by Crippen LogP contribution is -2.06. The van der Waals surface area contributed by atoms with E-state index in [0.717, 1.165) is 33.8 Å². The van der Waals surface area contributed by atoms with Crippen LogP contribution in [-0.4, -0.2) is 40.3 Å². The standard InChI is InChI=1S/C26H27N3O4/c1-16(2)32-20-10-6-18(7-11-20)22-15-25-24(14-23(22)26(30)31-5)27-28-29(25)19-8-12-21(13-9-19)33-17(3)4/h6-17H,1-5H3. The minimum absolute atomic E-state index is 0.0792. The summed E-state index contributed by atoms with van der Waals surface area (Å²) in [5.74, 6) is 1.12. The molecule has 1 aromatic heterocycles. The van der Waals surface area contributed by atoms with E-state index in [0.29, 0.717) is 11.1 Å². The molecule has 0 aliphatic heterocycles. The number of methoxy groups -OCH3 is 1. The number of nitrogens with zero attached hydrogens (tertiary/aromatic N) is 3. The zero-order chi connectivity index (χ0) is 23.5. The van der Waals surface area contributed by atoms with Crippen molar-refractivity contribution < 1.29 is 19.0 Å². The van der Waals surface area contributed by atoms with Crippen LogP contribution >= 0.6 is 0 Å². The van der Waals surface area contributed by atoms with Crippen LogP contribution in [0.4, 0.5) is 0 Å². The molecule has 7 heteroatoms. The molecule has 0 fully saturated rings. The number of esters is 1. The predicted molar refractivity (Wildman–Crippen MR) is 127 cm³/mol. The van der Waals surface area contributed by atoms with Gasteiger partial charge in [0, 0.05) is 0 Å². The highest BCUT2D eigenvalue weighted by Crippen LogP contribution is 2.31. The van der Waals surface area contributed by atoms with E-state index < -0.39 is 5.97 Å². The summed E-state index contributed by atoms with van der Waals surface area (Å²) in [6.07, 6.45) is 0.176. The molecular formula is C26H27N3O4. The maximum Gasteiger partial charge on any atom is 0.338 e. The van der Waals surface area contributed by atoms with Gasteiger partial charge in [0.05, 0.1) is 36.1 Å². The molecule has 0 atom stereocenters. The van der Waals surface area contributed by atoms with Crippen LogP contribution in [0.3, 0.4) is 0 Å². The molecule has 0 N–H and O–H groups in total. The molecule has 0 bridgehead atoms. The summed E-state index contributed by atoms with van der Waals surface area (Å²) < 4.78 is 18.3. The SMILES string of the molecule is COC(=O)c1cc2nnn(-c3ccc(OC(C)C)cc3)c2cc1-c1ccc(OC(C)C)cc1. The number of carbonyl (C=O) groups is 1. The summed E-state index contributed by atoms with van der Waals surface area (Å²) in [5.41, 5.74) is 4.23. The van der Waals surface area contributed by atoms with Crippen molar-refractivity contribution in [2.24, 2.45) is 0 Å². The van der Waals surface area contributed by atoms with Gasteiger partial charge in [0.2, 0.25) is 0 Å². The predicted octanol–water partition coefficient (Wildman–Crippen LogP) is 5.45. The first-order valence-corrected chi connectivity index (χ1v) is 10.9. The van der Waals surface area contributed by atoms with E-state index in [2.05, 4.69) is 10.3 Å². The van der Waals surface area contributed by atoms with Gasteiger partial charge in [-0.3, -0.25) is 0 Å². The van der Waals surface area contributed by atoms with Gasteiger partial charge in [-0.1, -0.05) is 17.3 Å². The molecule has 0 aliphatic carbocycles. The fourth-order valence-corrected chi connectivity index (χ4v) is 3.60. The highest BCUT2D eigenvalue weighted by Gasteiger charge is 2.18. The monoisotopic (exact) mass is 445 g/mol.